The number of pyridine rings is 1. The number of carbonyl (C=O) groups is 1. The smallest absolute Gasteiger partial charge is 0.255 e. The summed E-state index contributed by atoms with van der Waals surface area (Å²) < 4.78 is 0. The van der Waals surface area contributed by atoms with Crippen LogP contribution in [0.3, 0.4) is 0 Å². The number of rotatable bonds is 1. The third kappa shape index (κ3) is 2.15. The van der Waals surface area contributed by atoms with E-state index in [0.717, 1.165) is 0 Å². The van der Waals surface area contributed by atoms with Gasteiger partial charge in [-0.15, -0.1) is 0 Å². The molecule has 1 fully saturated rings. The van der Waals surface area contributed by atoms with Crippen LogP contribution in [0.2, 0.25) is 0 Å². The second-order valence-electron chi connectivity index (χ2n) is 4.22. The highest BCUT2D eigenvalue weighted by atomic mass is 16.3. The lowest BCUT2D eigenvalue weighted by Gasteiger charge is -2.18. The van der Waals surface area contributed by atoms with Gasteiger partial charge >= 0.3 is 0 Å². The summed E-state index contributed by atoms with van der Waals surface area (Å²) in [6.45, 7) is 2.77. The Hall–Kier alpha value is -1.42. The Kier molecular flexibility index (Phi) is 2.44. The molecule has 0 aromatic carbocycles. The van der Waals surface area contributed by atoms with Crippen molar-refractivity contribution in [3.8, 4) is 0 Å². The van der Waals surface area contributed by atoms with E-state index in [9.17, 15) is 9.90 Å². The lowest BCUT2D eigenvalue weighted by Crippen LogP contribution is -2.33. The fourth-order valence-corrected chi connectivity index (χ4v) is 1.79. The van der Waals surface area contributed by atoms with Gasteiger partial charge in [-0.2, -0.15) is 0 Å². The number of amides is 1. The summed E-state index contributed by atoms with van der Waals surface area (Å²) in [7, 11) is 0. The van der Waals surface area contributed by atoms with Crippen molar-refractivity contribution in [1.29, 1.82) is 0 Å². The molecule has 2 heterocycles. The number of hydrogen-bond acceptors (Lipinski definition) is 3. The summed E-state index contributed by atoms with van der Waals surface area (Å²) >= 11 is 0. The molecule has 0 saturated carbocycles. The van der Waals surface area contributed by atoms with Crippen LogP contribution in [0, 0.1) is 0 Å². The minimum Gasteiger partial charge on any atom is -0.388 e. The number of carbonyl (C=O) groups excluding carboxylic acids is 1. The van der Waals surface area contributed by atoms with Gasteiger partial charge in [0, 0.05) is 25.5 Å². The molecule has 1 saturated heterocycles. The summed E-state index contributed by atoms with van der Waals surface area (Å²) in [5.41, 5.74) is -0.159. The van der Waals surface area contributed by atoms with Crippen molar-refractivity contribution in [2.45, 2.75) is 18.9 Å². The van der Waals surface area contributed by atoms with Gasteiger partial charge in [0.1, 0.15) is 0 Å². The second kappa shape index (κ2) is 3.62. The van der Waals surface area contributed by atoms with Crippen LogP contribution in [-0.4, -0.2) is 39.6 Å². The maximum atomic E-state index is 11.9. The third-order valence-electron chi connectivity index (χ3n) is 2.65. The van der Waals surface area contributed by atoms with Gasteiger partial charge in [-0.05, 0) is 25.5 Å². The maximum Gasteiger partial charge on any atom is 0.255 e. The number of hydrogen-bond donors (Lipinski definition) is 1. The third-order valence-corrected chi connectivity index (χ3v) is 2.65. The Labute approximate surface area is 88.6 Å². The molecule has 1 unspecified atom stereocenters. The van der Waals surface area contributed by atoms with Crippen LogP contribution in [0.1, 0.15) is 23.7 Å². The maximum absolute atomic E-state index is 11.9. The van der Waals surface area contributed by atoms with Crippen LogP contribution in [0.4, 0.5) is 0 Å². The van der Waals surface area contributed by atoms with Crippen LogP contribution in [-0.2, 0) is 0 Å². The predicted molar refractivity (Wildman–Crippen MR) is 55.4 cm³/mol. The van der Waals surface area contributed by atoms with Crippen LogP contribution in [0.5, 0.6) is 0 Å². The molecule has 0 bridgehead atoms. The summed E-state index contributed by atoms with van der Waals surface area (Å²) in [5.74, 6) is -0.0547. The molecule has 1 aliphatic heterocycles. The minimum absolute atomic E-state index is 0.0547. The van der Waals surface area contributed by atoms with E-state index in [0.29, 0.717) is 25.1 Å². The lowest BCUT2D eigenvalue weighted by molar-refractivity contribution is 0.0572. The molecule has 0 spiro atoms. The number of likely N-dealkylation sites (tertiary alicyclic amines) is 1. The van der Waals surface area contributed by atoms with Crippen molar-refractivity contribution in [2.24, 2.45) is 0 Å². The average molecular weight is 206 g/mol. The van der Waals surface area contributed by atoms with Crippen molar-refractivity contribution < 1.29 is 9.90 Å². The number of β-amino-alcohol motifs (C(OH)–C–C–N with tert-alkyl or cyclic N) is 1. The van der Waals surface area contributed by atoms with Crippen LogP contribution >= 0.6 is 0 Å². The monoisotopic (exact) mass is 206 g/mol. The summed E-state index contributed by atoms with van der Waals surface area (Å²) in [5, 5.41) is 9.75. The molecule has 0 aliphatic carbocycles. The molecule has 0 radical (unpaired) electrons. The highest BCUT2D eigenvalue weighted by molar-refractivity contribution is 5.94. The van der Waals surface area contributed by atoms with E-state index < -0.39 is 5.60 Å². The first-order valence-corrected chi connectivity index (χ1v) is 5.00. The van der Waals surface area contributed by atoms with Crippen molar-refractivity contribution >= 4 is 5.91 Å². The zero-order valence-electron chi connectivity index (χ0n) is 8.68. The van der Waals surface area contributed by atoms with Gasteiger partial charge in [0.2, 0.25) is 0 Å². The summed E-state index contributed by atoms with van der Waals surface area (Å²) in [4.78, 5) is 17.5. The van der Waals surface area contributed by atoms with E-state index in [1.807, 2.05) is 0 Å². The first-order chi connectivity index (χ1) is 7.08. The summed E-state index contributed by atoms with van der Waals surface area (Å²) in [6, 6.07) is 3.48. The van der Waals surface area contributed by atoms with Gasteiger partial charge < -0.3 is 10.0 Å². The Morgan fingerprint density at radius 1 is 1.67 bits per heavy atom. The molecule has 1 atom stereocenters. The highest BCUT2D eigenvalue weighted by Crippen LogP contribution is 2.21. The van der Waals surface area contributed by atoms with Crippen molar-refractivity contribution in [2.75, 3.05) is 13.1 Å². The number of aromatic nitrogens is 1. The number of aliphatic hydroxyl groups is 1. The highest BCUT2D eigenvalue weighted by Gasteiger charge is 2.34. The summed E-state index contributed by atoms with van der Waals surface area (Å²) in [6.07, 6.45) is 3.82. The standard InChI is InChI=1S/C11H14N2O2/c1-11(15)4-6-13(8-11)10(14)9-3-2-5-12-7-9/h2-3,5,7,15H,4,6,8H2,1H3. The number of nitrogens with zero attached hydrogens (tertiary/aromatic N) is 2. The SMILES string of the molecule is CC1(O)CCN(C(=O)c2cccnc2)C1. The van der Waals surface area contributed by atoms with Crippen molar-refractivity contribution in [1.82, 2.24) is 9.88 Å². The minimum atomic E-state index is -0.738. The first kappa shape index (κ1) is 10.1. The molecule has 2 rings (SSSR count). The van der Waals surface area contributed by atoms with Crippen LogP contribution in [0.15, 0.2) is 24.5 Å². The van der Waals surface area contributed by atoms with E-state index in [1.165, 1.54) is 0 Å². The van der Waals surface area contributed by atoms with E-state index in [2.05, 4.69) is 4.98 Å². The first-order valence-electron chi connectivity index (χ1n) is 5.00. The largest absolute Gasteiger partial charge is 0.388 e. The van der Waals surface area contributed by atoms with E-state index in [4.69, 9.17) is 0 Å². The predicted octanol–water partition coefficient (Wildman–Crippen LogP) is 0.679. The molecule has 1 aliphatic rings. The van der Waals surface area contributed by atoms with Gasteiger partial charge in [0.05, 0.1) is 11.2 Å². The molecule has 4 heteroatoms. The van der Waals surface area contributed by atoms with Crippen molar-refractivity contribution in [3.63, 3.8) is 0 Å². The van der Waals surface area contributed by atoms with Gasteiger partial charge in [0.25, 0.3) is 5.91 Å². The van der Waals surface area contributed by atoms with E-state index in [-0.39, 0.29) is 5.91 Å². The Bertz CT molecular complexity index is 362. The van der Waals surface area contributed by atoms with Gasteiger partial charge in [-0.25, -0.2) is 0 Å². The van der Waals surface area contributed by atoms with Crippen molar-refractivity contribution in [3.05, 3.63) is 30.1 Å². The molecule has 1 N–H and O–H groups in total. The topological polar surface area (TPSA) is 53.4 Å². The van der Waals surface area contributed by atoms with Gasteiger partial charge in [-0.3, -0.25) is 9.78 Å². The zero-order chi connectivity index (χ0) is 10.9. The Morgan fingerprint density at radius 2 is 2.47 bits per heavy atom. The fraction of sp³-hybridized carbons (Fsp3) is 0.455. The Balaban J connectivity index is 2.11. The molecular formula is C11H14N2O2. The zero-order valence-corrected chi connectivity index (χ0v) is 8.68. The van der Waals surface area contributed by atoms with Gasteiger partial charge in [-0.1, -0.05) is 0 Å². The molecule has 1 aromatic rings. The van der Waals surface area contributed by atoms with Crippen LogP contribution < -0.4 is 0 Å². The molecule has 4 nitrogen and oxygen atoms in total. The molecular weight excluding hydrogens is 192 g/mol. The second-order valence-corrected chi connectivity index (χ2v) is 4.22. The Morgan fingerprint density at radius 3 is 3.00 bits per heavy atom. The van der Waals surface area contributed by atoms with Crippen LogP contribution in [0.25, 0.3) is 0 Å². The van der Waals surface area contributed by atoms with E-state index >= 15 is 0 Å². The molecule has 1 amide bonds. The lowest BCUT2D eigenvalue weighted by atomic mass is 10.1. The molecule has 1 aromatic heterocycles. The molecule has 15 heavy (non-hydrogen) atoms. The average Bonchev–Trinajstić information content (AvgIpc) is 2.59. The molecule has 80 valence electrons. The fourth-order valence-electron chi connectivity index (χ4n) is 1.79. The van der Waals surface area contributed by atoms with E-state index in [1.54, 1.807) is 36.4 Å². The van der Waals surface area contributed by atoms with Gasteiger partial charge in [0.15, 0.2) is 0 Å². The normalized spacial score (nSPS) is 25.6. The quantitative estimate of drug-likeness (QED) is 0.735.